The second-order valence-electron chi connectivity index (χ2n) is 9.63. The van der Waals surface area contributed by atoms with Gasteiger partial charge in [-0.15, -0.1) is 0 Å². The highest BCUT2D eigenvalue weighted by molar-refractivity contribution is 8.15. The smallest absolute Gasteiger partial charge is 0.224 e. The zero-order valence-electron chi connectivity index (χ0n) is 18.3. The van der Waals surface area contributed by atoms with Gasteiger partial charge in [-0.2, -0.15) is 0 Å². The molecule has 1 aliphatic carbocycles. The van der Waals surface area contributed by atoms with E-state index in [1.54, 1.807) is 0 Å². The van der Waals surface area contributed by atoms with Crippen molar-refractivity contribution in [2.45, 2.75) is 55.9 Å². The summed E-state index contributed by atoms with van der Waals surface area (Å²) in [4.78, 5) is 19.6. The van der Waals surface area contributed by atoms with Gasteiger partial charge in [0.05, 0.1) is 24.0 Å². The number of amides is 1. The number of thioether (sulfide) groups is 1. The van der Waals surface area contributed by atoms with Crippen LogP contribution in [0.3, 0.4) is 0 Å². The quantitative estimate of drug-likeness (QED) is 0.655. The topological polar surface area (TPSA) is 90.9 Å². The summed E-state index contributed by atoms with van der Waals surface area (Å²) in [7, 11) is -2.93. The summed E-state index contributed by atoms with van der Waals surface area (Å²) >= 11 is 1.51. The molecule has 3 fully saturated rings. The molecule has 1 aromatic rings. The van der Waals surface area contributed by atoms with Gasteiger partial charge in [0.1, 0.15) is 0 Å². The number of hydrogen-bond donors (Lipinski definition) is 2. The Morgan fingerprint density at radius 1 is 1.12 bits per heavy atom. The molecule has 0 bridgehead atoms. The monoisotopic (exact) mass is 476 g/mol. The zero-order chi connectivity index (χ0) is 22.1. The van der Waals surface area contributed by atoms with Crippen LogP contribution in [-0.2, 0) is 21.1 Å². The van der Waals surface area contributed by atoms with Gasteiger partial charge in [0, 0.05) is 30.1 Å². The molecule has 0 aromatic heterocycles. The maximum Gasteiger partial charge on any atom is 0.224 e. The van der Waals surface area contributed by atoms with Gasteiger partial charge in [-0.3, -0.25) is 9.79 Å². The van der Waals surface area contributed by atoms with Gasteiger partial charge in [0.2, 0.25) is 5.91 Å². The molecule has 174 valence electrons. The van der Waals surface area contributed by atoms with E-state index in [4.69, 9.17) is 0 Å². The highest BCUT2D eigenvalue weighted by atomic mass is 32.2. The van der Waals surface area contributed by atoms with Gasteiger partial charge in [-0.25, -0.2) is 8.42 Å². The predicted molar refractivity (Wildman–Crippen MR) is 130 cm³/mol. The molecule has 3 atom stereocenters. The Morgan fingerprint density at radius 3 is 2.66 bits per heavy atom. The van der Waals surface area contributed by atoms with Crippen LogP contribution in [0, 0.1) is 5.92 Å². The van der Waals surface area contributed by atoms with E-state index < -0.39 is 9.84 Å². The van der Waals surface area contributed by atoms with Crippen molar-refractivity contribution in [1.82, 2.24) is 10.2 Å². The van der Waals surface area contributed by atoms with Crippen LogP contribution in [0.2, 0.25) is 0 Å². The SMILES string of the molecule is O=C(Cc1ccc(NC2=NC3CS(=O)(=O)CC3S2)cc1)NCC1CCN(C2CCCC2)C1. The first kappa shape index (κ1) is 22.2. The fourth-order valence-corrected chi connectivity index (χ4v) is 9.06. The van der Waals surface area contributed by atoms with Gasteiger partial charge in [0.25, 0.3) is 0 Å². The number of nitrogens with one attached hydrogen (secondary N) is 2. The molecule has 2 N–H and O–H groups in total. The predicted octanol–water partition coefficient (Wildman–Crippen LogP) is 2.29. The molecule has 32 heavy (non-hydrogen) atoms. The number of aliphatic imine (C=N–C) groups is 1. The number of amidine groups is 1. The van der Waals surface area contributed by atoms with Crippen LogP contribution in [0.4, 0.5) is 5.69 Å². The number of carbonyl (C=O) groups excluding carboxylic acids is 1. The molecule has 1 saturated carbocycles. The van der Waals surface area contributed by atoms with Gasteiger partial charge in [0.15, 0.2) is 15.0 Å². The van der Waals surface area contributed by atoms with E-state index in [-0.39, 0.29) is 28.7 Å². The standard InChI is InChI=1S/C23H32N4O3S2/c28-22(24-12-17-9-10-27(13-17)19-3-1-2-4-19)11-16-5-7-18(8-6-16)25-23-26-20-14-32(29,30)15-21(20)31-23/h5-8,17,19-21H,1-4,9-15H2,(H,24,28)(H,25,26). The molecule has 1 aromatic carbocycles. The molecule has 4 aliphatic rings. The largest absolute Gasteiger partial charge is 0.355 e. The molecule has 1 amide bonds. The minimum Gasteiger partial charge on any atom is -0.355 e. The molecule has 3 aliphatic heterocycles. The maximum atomic E-state index is 12.4. The van der Waals surface area contributed by atoms with Gasteiger partial charge >= 0.3 is 0 Å². The van der Waals surface area contributed by atoms with Crippen molar-refractivity contribution in [3.05, 3.63) is 29.8 Å². The van der Waals surface area contributed by atoms with E-state index >= 15 is 0 Å². The van der Waals surface area contributed by atoms with Crippen LogP contribution in [-0.4, -0.2) is 72.9 Å². The van der Waals surface area contributed by atoms with E-state index in [1.165, 1.54) is 50.4 Å². The Bertz CT molecular complexity index is 973. The van der Waals surface area contributed by atoms with Crippen molar-refractivity contribution >= 4 is 38.4 Å². The maximum absolute atomic E-state index is 12.4. The fourth-order valence-electron chi connectivity index (χ4n) is 5.38. The second-order valence-corrected chi connectivity index (χ2v) is 13.0. The van der Waals surface area contributed by atoms with Gasteiger partial charge < -0.3 is 15.5 Å². The first-order valence-electron chi connectivity index (χ1n) is 11.8. The van der Waals surface area contributed by atoms with E-state index in [9.17, 15) is 13.2 Å². The van der Waals surface area contributed by atoms with Crippen molar-refractivity contribution < 1.29 is 13.2 Å². The number of anilines is 1. The second kappa shape index (κ2) is 9.35. The molecule has 0 radical (unpaired) electrons. The van der Waals surface area contributed by atoms with Crippen molar-refractivity contribution in [3.8, 4) is 0 Å². The lowest BCUT2D eigenvalue weighted by molar-refractivity contribution is -0.120. The van der Waals surface area contributed by atoms with Crippen LogP contribution >= 0.6 is 11.8 Å². The average molecular weight is 477 g/mol. The van der Waals surface area contributed by atoms with Crippen LogP contribution < -0.4 is 10.6 Å². The molecule has 7 nitrogen and oxygen atoms in total. The lowest BCUT2D eigenvalue weighted by atomic mass is 10.1. The minimum atomic E-state index is -2.93. The van der Waals surface area contributed by atoms with Crippen molar-refractivity contribution in [2.75, 3.05) is 36.5 Å². The van der Waals surface area contributed by atoms with Crippen molar-refractivity contribution in [3.63, 3.8) is 0 Å². The third-order valence-corrected chi connectivity index (χ3v) is 10.3. The molecule has 3 heterocycles. The molecular formula is C23H32N4O3S2. The number of sulfone groups is 1. The molecular weight excluding hydrogens is 444 g/mol. The van der Waals surface area contributed by atoms with Crippen LogP contribution in [0.1, 0.15) is 37.7 Å². The van der Waals surface area contributed by atoms with E-state index in [2.05, 4.69) is 20.5 Å². The lowest BCUT2D eigenvalue weighted by Gasteiger charge is -2.23. The van der Waals surface area contributed by atoms with Crippen LogP contribution in [0.5, 0.6) is 0 Å². The Balaban J connectivity index is 1.05. The molecule has 5 rings (SSSR count). The molecule has 2 saturated heterocycles. The first-order chi connectivity index (χ1) is 15.4. The summed E-state index contributed by atoms with van der Waals surface area (Å²) in [6.07, 6.45) is 7.01. The zero-order valence-corrected chi connectivity index (χ0v) is 20.0. The Morgan fingerprint density at radius 2 is 1.91 bits per heavy atom. The van der Waals surface area contributed by atoms with E-state index in [0.29, 0.717) is 12.3 Å². The molecule has 9 heteroatoms. The van der Waals surface area contributed by atoms with Crippen LogP contribution in [0.25, 0.3) is 0 Å². The minimum absolute atomic E-state index is 0.0376. The number of nitrogens with zero attached hydrogens (tertiary/aromatic N) is 2. The number of carbonyl (C=O) groups is 1. The Labute approximate surface area is 194 Å². The average Bonchev–Trinajstić information content (AvgIpc) is 3.51. The summed E-state index contributed by atoms with van der Waals surface area (Å²) in [6, 6.07) is 8.49. The third-order valence-electron chi connectivity index (χ3n) is 7.13. The molecule has 0 spiro atoms. The Hall–Kier alpha value is -1.58. The van der Waals surface area contributed by atoms with Crippen LogP contribution in [0.15, 0.2) is 29.3 Å². The summed E-state index contributed by atoms with van der Waals surface area (Å²) in [5.41, 5.74) is 1.89. The summed E-state index contributed by atoms with van der Waals surface area (Å²) in [5.74, 6) is 1.02. The fraction of sp³-hybridized carbons (Fsp3) is 0.652. The Kier molecular flexibility index (Phi) is 6.49. The van der Waals surface area contributed by atoms with Crippen molar-refractivity contribution in [1.29, 1.82) is 0 Å². The summed E-state index contributed by atoms with van der Waals surface area (Å²) in [5, 5.41) is 7.23. The van der Waals surface area contributed by atoms with E-state index in [0.717, 1.165) is 35.5 Å². The number of fused-ring (bicyclic) bond motifs is 1. The highest BCUT2D eigenvalue weighted by Gasteiger charge is 2.42. The summed E-state index contributed by atoms with van der Waals surface area (Å²) in [6.45, 7) is 3.08. The number of likely N-dealkylation sites (tertiary alicyclic amines) is 1. The highest BCUT2D eigenvalue weighted by Crippen LogP contribution is 2.34. The normalized spacial score (nSPS) is 29.8. The number of hydrogen-bond acceptors (Lipinski definition) is 7. The number of benzene rings is 1. The van der Waals surface area contributed by atoms with Gasteiger partial charge in [-0.1, -0.05) is 36.7 Å². The third kappa shape index (κ3) is 5.31. The molecule has 3 unspecified atom stereocenters. The lowest BCUT2D eigenvalue weighted by Crippen LogP contribution is -2.34. The first-order valence-corrected chi connectivity index (χ1v) is 14.5. The van der Waals surface area contributed by atoms with Crippen molar-refractivity contribution in [2.24, 2.45) is 10.9 Å². The van der Waals surface area contributed by atoms with E-state index in [1.807, 2.05) is 24.3 Å². The van der Waals surface area contributed by atoms with Gasteiger partial charge in [-0.05, 0) is 49.4 Å². The summed E-state index contributed by atoms with van der Waals surface area (Å²) < 4.78 is 23.4. The number of rotatable bonds is 6.